The summed E-state index contributed by atoms with van der Waals surface area (Å²) in [6, 6.07) is 17.0. The maximum Gasteiger partial charge on any atom is 0.0712 e. The fourth-order valence-corrected chi connectivity index (χ4v) is 3.91. The Morgan fingerprint density at radius 3 is 2.46 bits per heavy atom. The molecule has 0 bridgehead atoms. The zero-order valence-corrected chi connectivity index (χ0v) is 14.7. The molecule has 2 nitrogen and oxygen atoms in total. The first kappa shape index (κ1) is 14.9. The zero-order chi connectivity index (χ0) is 16.9. The number of aliphatic imine (C=N–C) groups is 1. The van der Waals surface area contributed by atoms with Crippen molar-refractivity contribution in [1.29, 1.82) is 0 Å². The van der Waals surface area contributed by atoms with Gasteiger partial charge in [0.05, 0.1) is 5.69 Å². The van der Waals surface area contributed by atoms with Gasteiger partial charge in [-0.25, -0.2) is 0 Å². The van der Waals surface area contributed by atoms with Crippen LogP contribution >= 0.6 is 0 Å². The number of rotatable bonds is 1. The van der Waals surface area contributed by atoms with Gasteiger partial charge >= 0.3 is 0 Å². The molecule has 0 atom stereocenters. The van der Waals surface area contributed by atoms with Crippen LogP contribution in [-0.4, -0.2) is 12.8 Å². The second kappa shape index (κ2) is 5.20. The maximum atomic E-state index is 4.68. The highest BCUT2D eigenvalue weighted by molar-refractivity contribution is 6.28. The van der Waals surface area contributed by atoms with Crippen LogP contribution in [0.2, 0.25) is 0 Å². The summed E-state index contributed by atoms with van der Waals surface area (Å²) in [6.45, 7) is 6.68. The minimum atomic E-state index is 0.00553. The Bertz CT molecular complexity index is 913. The largest absolute Gasteiger partial charge is 0.347 e. The molecule has 2 aliphatic rings. The predicted octanol–water partition coefficient (Wildman–Crippen LogP) is 5.49. The highest BCUT2D eigenvalue weighted by Crippen LogP contribution is 2.46. The van der Waals surface area contributed by atoms with Crippen molar-refractivity contribution in [2.24, 2.45) is 4.99 Å². The molecular weight excluding hydrogens is 292 g/mol. The van der Waals surface area contributed by atoms with Crippen LogP contribution in [0.25, 0.3) is 5.57 Å². The average molecular weight is 314 g/mol. The summed E-state index contributed by atoms with van der Waals surface area (Å²) < 4.78 is 0. The van der Waals surface area contributed by atoms with E-state index in [1.54, 1.807) is 0 Å². The molecule has 0 fully saturated rings. The lowest BCUT2D eigenvalue weighted by Gasteiger charge is -2.23. The molecule has 0 N–H and O–H groups in total. The SMILES string of the molecule is CC1=Nc2ccccc2/C1=C/C=C1\N(C)c2ccccc2C1(C)C. The normalized spacial score (nSPS) is 21.2. The van der Waals surface area contributed by atoms with Crippen molar-refractivity contribution < 1.29 is 0 Å². The highest BCUT2D eigenvalue weighted by atomic mass is 15.2. The first-order valence-corrected chi connectivity index (χ1v) is 8.41. The van der Waals surface area contributed by atoms with E-state index in [0.29, 0.717) is 0 Å². The Labute approximate surface area is 143 Å². The quantitative estimate of drug-likeness (QED) is 0.680. The van der Waals surface area contributed by atoms with E-state index in [4.69, 9.17) is 0 Å². The van der Waals surface area contributed by atoms with Gasteiger partial charge in [0.1, 0.15) is 0 Å². The lowest BCUT2D eigenvalue weighted by Crippen LogP contribution is -2.22. The Hall–Kier alpha value is -2.61. The van der Waals surface area contributed by atoms with Crippen LogP contribution in [0.15, 0.2) is 71.4 Å². The number of likely N-dealkylation sites (N-methyl/N-ethyl adjacent to an activating group) is 1. The molecule has 0 saturated heterocycles. The summed E-state index contributed by atoms with van der Waals surface area (Å²) in [6.07, 6.45) is 4.49. The summed E-state index contributed by atoms with van der Waals surface area (Å²) >= 11 is 0. The molecule has 0 amide bonds. The summed E-state index contributed by atoms with van der Waals surface area (Å²) in [5.41, 5.74) is 8.60. The van der Waals surface area contributed by atoms with Crippen molar-refractivity contribution in [3.63, 3.8) is 0 Å². The van der Waals surface area contributed by atoms with E-state index in [-0.39, 0.29) is 5.41 Å². The number of fused-ring (bicyclic) bond motifs is 2. The van der Waals surface area contributed by atoms with Gasteiger partial charge in [-0.2, -0.15) is 0 Å². The molecule has 4 rings (SSSR count). The molecule has 0 saturated carbocycles. The summed E-state index contributed by atoms with van der Waals surface area (Å²) in [5, 5.41) is 0. The molecule has 2 heterocycles. The Balaban J connectivity index is 1.80. The summed E-state index contributed by atoms with van der Waals surface area (Å²) in [4.78, 5) is 6.98. The number of hydrogen-bond donors (Lipinski definition) is 0. The van der Waals surface area contributed by atoms with Gasteiger partial charge in [0.15, 0.2) is 0 Å². The van der Waals surface area contributed by atoms with E-state index >= 15 is 0 Å². The first-order valence-electron chi connectivity index (χ1n) is 8.41. The fraction of sp³-hybridized carbons (Fsp3) is 0.227. The van der Waals surface area contributed by atoms with Gasteiger partial charge in [-0.1, -0.05) is 56.3 Å². The van der Waals surface area contributed by atoms with Gasteiger partial charge < -0.3 is 4.90 Å². The Morgan fingerprint density at radius 2 is 1.67 bits per heavy atom. The van der Waals surface area contributed by atoms with Crippen molar-refractivity contribution >= 4 is 22.7 Å². The average Bonchev–Trinajstić information content (AvgIpc) is 2.99. The number of nitrogens with zero attached hydrogens (tertiary/aromatic N) is 2. The fourth-order valence-electron chi connectivity index (χ4n) is 3.91. The molecule has 2 aromatic carbocycles. The third-order valence-electron chi connectivity index (χ3n) is 5.22. The second-order valence-corrected chi connectivity index (χ2v) is 7.05. The van der Waals surface area contributed by atoms with Crippen LogP contribution in [-0.2, 0) is 5.41 Å². The molecule has 0 spiro atoms. The van der Waals surface area contributed by atoms with E-state index in [9.17, 15) is 0 Å². The van der Waals surface area contributed by atoms with Gasteiger partial charge in [-0.15, -0.1) is 0 Å². The third-order valence-corrected chi connectivity index (χ3v) is 5.22. The number of anilines is 1. The van der Waals surface area contributed by atoms with Crippen molar-refractivity contribution in [3.05, 3.63) is 77.5 Å². The number of benzene rings is 2. The van der Waals surface area contributed by atoms with Crippen molar-refractivity contribution in [3.8, 4) is 0 Å². The molecule has 0 radical (unpaired) electrons. The van der Waals surface area contributed by atoms with E-state index in [0.717, 1.165) is 11.4 Å². The number of hydrogen-bond acceptors (Lipinski definition) is 2. The molecule has 0 aromatic heterocycles. The first-order chi connectivity index (χ1) is 11.5. The molecule has 0 aliphatic carbocycles. The lowest BCUT2D eigenvalue weighted by molar-refractivity contribution is 0.640. The summed E-state index contributed by atoms with van der Waals surface area (Å²) in [7, 11) is 2.15. The minimum absolute atomic E-state index is 0.00553. The second-order valence-electron chi connectivity index (χ2n) is 7.05. The van der Waals surface area contributed by atoms with Gasteiger partial charge in [0, 0.05) is 40.7 Å². The molecule has 2 aromatic rings. The zero-order valence-electron chi connectivity index (χ0n) is 14.7. The molecule has 2 aliphatic heterocycles. The smallest absolute Gasteiger partial charge is 0.0712 e. The monoisotopic (exact) mass is 314 g/mol. The lowest BCUT2D eigenvalue weighted by atomic mass is 9.83. The number of para-hydroxylation sites is 2. The standard InChI is InChI=1S/C22H22N2/c1-15-16(17-9-5-7-11-19(17)23-15)13-14-21-22(2,3)18-10-6-8-12-20(18)24(21)4/h5-14H,1-4H3/b16-13+,21-14-. The van der Waals surface area contributed by atoms with Crippen LogP contribution in [0.4, 0.5) is 11.4 Å². The number of allylic oxidation sites excluding steroid dienone is 4. The van der Waals surface area contributed by atoms with E-state index < -0.39 is 0 Å². The van der Waals surface area contributed by atoms with Gasteiger partial charge in [0.25, 0.3) is 0 Å². The Morgan fingerprint density at radius 1 is 0.958 bits per heavy atom. The molecule has 24 heavy (non-hydrogen) atoms. The molecular formula is C22H22N2. The van der Waals surface area contributed by atoms with Crippen LogP contribution in [0.3, 0.4) is 0 Å². The maximum absolute atomic E-state index is 4.68. The minimum Gasteiger partial charge on any atom is -0.347 e. The predicted molar refractivity (Wildman–Crippen MR) is 103 cm³/mol. The van der Waals surface area contributed by atoms with Gasteiger partial charge in [0.2, 0.25) is 0 Å². The van der Waals surface area contributed by atoms with Gasteiger partial charge in [-0.3, -0.25) is 4.99 Å². The summed E-state index contributed by atoms with van der Waals surface area (Å²) in [5.74, 6) is 0. The van der Waals surface area contributed by atoms with Crippen molar-refractivity contribution in [2.75, 3.05) is 11.9 Å². The highest BCUT2D eigenvalue weighted by Gasteiger charge is 2.37. The van der Waals surface area contributed by atoms with E-state index in [1.165, 1.54) is 28.1 Å². The van der Waals surface area contributed by atoms with Crippen molar-refractivity contribution in [1.82, 2.24) is 0 Å². The third kappa shape index (κ3) is 2.06. The molecule has 120 valence electrons. The van der Waals surface area contributed by atoms with E-state index in [2.05, 4.69) is 92.3 Å². The van der Waals surface area contributed by atoms with Crippen LogP contribution < -0.4 is 4.90 Å². The Kier molecular flexibility index (Phi) is 3.24. The van der Waals surface area contributed by atoms with E-state index in [1.807, 2.05) is 6.07 Å². The van der Waals surface area contributed by atoms with Crippen LogP contribution in [0.5, 0.6) is 0 Å². The van der Waals surface area contributed by atoms with Crippen LogP contribution in [0.1, 0.15) is 31.9 Å². The van der Waals surface area contributed by atoms with Crippen molar-refractivity contribution in [2.45, 2.75) is 26.2 Å². The molecule has 0 unspecified atom stereocenters. The van der Waals surface area contributed by atoms with Gasteiger partial charge in [-0.05, 0) is 30.7 Å². The topological polar surface area (TPSA) is 15.6 Å². The van der Waals surface area contributed by atoms with Crippen LogP contribution in [0, 0.1) is 0 Å². The molecule has 2 heteroatoms.